The minimum Gasteiger partial charge on any atom is -0.481 e. The van der Waals surface area contributed by atoms with Gasteiger partial charge in [-0.1, -0.05) is 0 Å². The Kier molecular flexibility index (Phi) is 4.47. The summed E-state index contributed by atoms with van der Waals surface area (Å²) in [6.45, 7) is 0.469. The molecule has 21 heavy (non-hydrogen) atoms. The highest BCUT2D eigenvalue weighted by Gasteiger charge is 2.12. The van der Waals surface area contributed by atoms with Crippen LogP contribution in [0.4, 0.5) is 4.79 Å². The van der Waals surface area contributed by atoms with E-state index in [4.69, 9.17) is 9.47 Å². The van der Waals surface area contributed by atoms with E-state index < -0.39 is 6.09 Å². The van der Waals surface area contributed by atoms with Gasteiger partial charge in [0.05, 0.1) is 14.1 Å². The first-order valence-electron chi connectivity index (χ1n) is 6.59. The van der Waals surface area contributed by atoms with Crippen molar-refractivity contribution in [2.45, 2.75) is 6.61 Å². The fourth-order valence-corrected chi connectivity index (χ4v) is 1.77. The van der Waals surface area contributed by atoms with E-state index in [1.807, 2.05) is 35.6 Å². The van der Waals surface area contributed by atoms with Crippen molar-refractivity contribution < 1.29 is 18.8 Å². The summed E-state index contributed by atoms with van der Waals surface area (Å²) in [5.74, 6) is 2.27. The maximum atomic E-state index is 11.4. The Morgan fingerprint density at radius 1 is 1.24 bits per heavy atom. The molecular formula is C15H20N3O3+. The molecule has 1 aromatic carbocycles. The van der Waals surface area contributed by atoms with E-state index in [9.17, 15) is 4.79 Å². The van der Waals surface area contributed by atoms with Gasteiger partial charge in [0.25, 0.3) is 5.82 Å². The topological polar surface area (TPSA) is 47.6 Å². The molecule has 0 aliphatic rings. The lowest BCUT2D eigenvalue weighted by Gasteiger charge is -2.11. The zero-order valence-electron chi connectivity index (χ0n) is 12.7. The van der Waals surface area contributed by atoms with Crippen LogP contribution in [-0.2, 0) is 20.7 Å². The number of imidazole rings is 1. The Bertz CT molecular complexity index is 598. The lowest BCUT2D eigenvalue weighted by molar-refractivity contribution is -0.680. The van der Waals surface area contributed by atoms with Crippen LogP contribution in [0.1, 0.15) is 5.82 Å². The van der Waals surface area contributed by atoms with Crippen molar-refractivity contribution in [3.05, 3.63) is 42.5 Å². The summed E-state index contributed by atoms with van der Waals surface area (Å²) < 4.78 is 14.9. The second-order valence-corrected chi connectivity index (χ2v) is 4.96. The lowest BCUT2D eigenvalue weighted by Crippen LogP contribution is -2.32. The number of benzene rings is 1. The molecular weight excluding hydrogens is 270 g/mol. The minimum absolute atomic E-state index is 0.403. The van der Waals surface area contributed by atoms with Crippen molar-refractivity contribution in [1.29, 1.82) is 0 Å². The molecule has 0 aliphatic heterocycles. The van der Waals surface area contributed by atoms with Gasteiger partial charge < -0.3 is 14.4 Å². The van der Waals surface area contributed by atoms with Crippen LogP contribution >= 0.6 is 0 Å². The van der Waals surface area contributed by atoms with Crippen molar-refractivity contribution >= 4 is 6.09 Å². The zero-order valence-corrected chi connectivity index (χ0v) is 12.7. The Balaban J connectivity index is 1.95. The normalized spacial score (nSPS) is 10.3. The van der Waals surface area contributed by atoms with Crippen LogP contribution in [-0.4, -0.2) is 29.7 Å². The van der Waals surface area contributed by atoms with E-state index in [1.54, 1.807) is 38.4 Å². The van der Waals surface area contributed by atoms with E-state index >= 15 is 0 Å². The third-order valence-corrected chi connectivity index (χ3v) is 3.09. The average Bonchev–Trinajstić information content (AvgIpc) is 2.77. The number of nitrogens with zero attached hydrogens (tertiary/aromatic N) is 3. The number of rotatable bonds is 4. The molecule has 0 saturated carbocycles. The van der Waals surface area contributed by atoms with Crippen LogP contribution < -0.4 is 14.0 Å². The molecule has 1 aromatic heterocycles. The molecule has 0 saturated heterocycles. The number of carbonyl (C=O) groups is 1. The molecule has 0 radical (unpaired) electrons. The van der Waals surface area contributed by atoms with Crippen molar-refractivity contribution in [2.75, 3.05) is 14.1 Å². The van der Waals surface area contributed by atoms with E-state index in [2.05, 4.69) is 0 Å². The molecule has 0 bridgehead atoms. The largest absolute Gasteiger partial charge is 0.481 e. The highest BCUT2D eigenvalue weighted by molar-refractivity contribution is 5.69. The fraction of sp³-hybridized carbons (Fsp3) is 0.333. The van der Waals surface area contributed by atoms with Crippen LogP contribution in [0.15, 0.2) is 36.7 Å². The van der Waals surface area contributed by atoms with Gasteiger partial charge in [-0.15, -0.1) is 0 Å². The summed E-state index contributed by atoms with van der Waals surface area (Å²) in [4.78, 5) is 12.8. The van der Waals surface area contributed by atoms with Crippen molar-refractivity contribution in [2.24, 2.45) is 14.1 Å². The number of hydrogen-bond donors (Lipinski definition) is 0. The minimum atomic E-state index is -0.403. The predicted molar refractivity (Wildman–Crippen MR) is 77.1 cm³/mol. The Labute approximate surface area is 124 Å². The summed E-state index contributed by atoms with van der Waals surface area (Å²) >= 11 is 0. The zero-order chi connectivity index (χ0) is 15.4. The third-order valence-electron chi connectivity index (χ3n) is 3.09. The Morgan fingerprint density at radius 3 is 2.38 bits per heavy atom. The first-order valence-corrected chi connectivity index (χ1v) is 6.59. The quantitative estimate of drug-likeness (QED) is 0.802. The highest BCUT2D eigenvalue weighted by atomic mass is 16.6. The molecule has 0 aliphatic carbocycles. The van der Waals surface area contributed by atoms with Crippen molar-refractivity contribution in [3.8, 4) is 11.5 Å². The first-order chi connectivity index (χ1) is 9.97. The van der Waals surface area contributed by atoms with Gasteiger partial charge in [-0.3, -0.25) is 0 Å². The second kappa shape index (κ2) is 6.30. The van der Waals surface area contributed by atoms with Gasteiger partial charge in [0.2, 0.25) is 0 Å². The van der Waals surface area contributed by atoms with Crippen LogP contribution in [0.2, 0.25) is 0 Å². The summed E-state index contributed by atoms with van der Waals surface area (Å²) in [7, 11) is 7.23. The number of aromatic nitrogens is 2. The molecule has 2 aromatic rings. The van der Waals surface area contributed by atoms with Crippen molar-refractivity contribution in [3.63, 3.8) is 0 Å². The molecule has 112 valence electrons. The van der Waals surface area contributed by atoms with Gasteiger partial charge in [0.1, 0.15) is 23.9 Å². The van der Waals surface area contributed by atoms with Crippen molar-refractivity contribution in [1.82, 2.24) is 9.47 Å². The third kappa shape index (κ3) is 3.75. The second-order valence-electron chi connectivity index (χ2n) is 4.96. The lowest BCUT2D eigenvalue weighted by atomic mass is 10.3. The molecule has 1 amide bonds. The smallest absolute Gasteiger partial charge is 0.414 e. The van der Waals surface area contributed by atoms with Gasteiger partial charge >= 0.3 is 6.09 Å². The summed E-state index contributed by atoms with van der Waals surface area (Å²) in [6, 6.07) is 6.98. The summed E-state index contributed by atoms with van der Waals surface area (Å²) in [5, 5.41) is 0. The van der Waals surface area contributed by atoms with E-state index in [0.29, 0.717) is 12.4 Å². The molecule has 1 heterocycles. The maximum Gasteiger partial charge on any atom is 0.414 e. The molecule has 0 fully saturated rings. The standard InChI is InChI=1S/C15H20N3O3/c1-16(2)15(19)21-13-7-5-12(6-8-13)20-11-14-17(3)9-10-18(14)4/h5-10H,11H2,1-4H3/q+1. The molecule has 0 atom stereocenters. The molecule has 0 unspecified atom stereocenters. The fourth-order valence-electron chi connectivity index (χ4n) is 1.77. The van der Waals surface area contributed by atoms with Gasteiger partial charge in [0, 0.05) is 14.1 Å². The van der Waals surface area contributed by atoms with Gasteiger partial charge in [-0.25, -0.2) is 13.9 Å². The van der Waals surface area contributed by atoms with Crippen LogP contribution in [0.3, 0.4) is 0 Å². The summed E-state index contributed by atoms with van der Waals surface area (Å²) in [6.07, 6.45) is 3.55. The van der Waals surface area contributed by atoms with E-state index in [1.165, 1.54) is 4.90 Å². The number of carbonyl (C=O) groups excluding carboxylic acids is 1. The first kappa shape index (κ1) is 14.9. The molecule has 6 heteroatoms. The Hall–Kier alpha value is -2.50. The maximum absolute atomic E-state index is 11.4. The van der Waals surface area contributed by atoms with Gasteiger partial charge in [-0.2, -0.15) is 0 Å². The molecule has 2 rings (SSSR count). The average molecular weight is 290 g/mol. The number of aryl methyl sites for hydroxylation is 2. The van der Waals surface area contributed by atoms with E-state index in [0.717, 1.165) is 11.6 Å². The highest BCUT2D eigenvalue weighted by Crippen LogP contribution is 2.18. The monoisotopic (exact) mass is 290 g/mol. The SMILES string of the molecule is CN(C)C(=O)Oc1ccc(OCc2n(C)cc[n+]2C)cc1. The summed E-state index contributed by atoms with van der Waals surface area (Å²) in [5.41, 5.74) is 0. The van der Waals surface area contributed by atoms with Crippen LogP contribution in [0.25, 0.3) is 0 Å². The molecule has 6 nitrogen and oxygen atoms in total. The molecule has 0 spiro atoms. The van der Waals surface area contributed by atoms with Gasteiger partial charge in [-0.05, 0) is 24.3 Å². The number of ether oxygens (including phenoxy) is 2. The number of hydrogen-bond acceptors (Lipinski definition) is 3. The Morgan fingerprint density at radius 2 is 1.86 bits per heavy atom. The predicted octanol–water partition coefficient (Wildman–Crippen LogP) is 1.49. The number of amides is 1. The van der Waals surface area contributed by atoms with Crippen LogP contribution in [0, 0.1) is 0 Å². The van der Waals surface area contributed by atoms with Gasteiger partial charge in [0.15, 0.2) is 6.61 Å². The van der Waals surface area contributed by atoms with Crippen LogP contribution in [0.5, 0.6) is 11.5 Å². The van der Waals surface area contributed by atoms with E-state index in [-0.39, 0.29) is 0 Å². The molecule has 0 N–H and O–H groups in total.